The van der Waals surface area contributed by atoms with Gasteiger partial charge in [-0.1, -0.05) is 6.07 Å². The number of hydrogen-bond acceptors (Lipinski definition) is 4. The van der Waals surface area contributed by atoms with Crippen LogP contribution in [-0.4, -0.2) is 24.2 Å². The van der Waals surface area contributed by atoms with Gasteiger partial charge < -0.3 is 9.47 Å². The highest BCUT2D eigenvalue weighted by Crippen LogP contribution is 2.27. The maximum Gasteiger partial charge on any atom is 0.308 e. The van der Waals surface area contributed by atoms with Gasteiger partial charge in [-0.25, -0.2) is 0 Å². The smallest absolute Gasteiger partial charge is 0.308 e. The van der Waals surface area contributed by atoms with E-state index in [0.29, 0.717) is 6.61 Å². The summed E-state index contributed by atoms with van der Waals surface area (Å²) in [7, 11) is 1.45. The molecule has 0 aromatic carbocycles. The van der Waals surface area contributed by atoms with Crippen molar-refractivity contribution in [3.8, 4) is 0 Å². The summed E-state index contributed by atoms with van der Waals surface area (Å²) in [6, 6.07) is 2.09. The summed E-state index contributed by atoms with van der Waals surface area (Å²) in [5, 5.41) is 0. The zero-order valence-electron chi connectivity index (χ0n) is 11.6. The zero-order chi connectivity index (χ0) is 13.7. The van der Waals surface area contributed by atoms with Gasteiger partial charge in [0.05, 0.1) is 25.7 Å². The van der Waals surface area contributed by atoms with E-state index in [1.807, 2.05) is 19.3 Å². The monoisotopic (exact) mass is 263 g/mol. The van der Waals surface area contributed by atoms with Crippen LogP contribution in [0.1, 0.15) is 36.8 Å². The maximum atomic E-state index is 11.4. The lowest BCUT2D eigenvalue weighted by molar-refractivity contribution is -0.147. The fraction of sp³-hybridized carbons (Fsp3) is 0.600. The van der Waals surface area contributed by atoms with E-state index in [1.165, 1.54) is 7.11 Å². The van der Waals surface area contributed by atoms with Crippen LogP contribution in [0.5, 0.6) is 0 Å². The second-order valence-electron chi connectivity index (χ2n) is 5.18. The third-order valence-electron chi connectivity index (χ3n) is 3.63. The molecule has 0 bridgehead atoms. The van der Waals surface area contributed by atoms with Crippen LogP contribution in [0.2, 0.25) is 0 Å². The summed E-state index contributed by atoms with van der Waals surface area (Å²) in [5.41, 5.74) is 2.26. The van der Waals surface area contributed by atoms with Crippen molar-refractivity contribution in [2.45, 2.75) is 45.3 Å². The Morgan fingerprint density at radius 3 is 2.68 bits per heavy atom. The predicted octanol–water partition coefficient (Wildman–Crippen LogP) is 2.64. The van der Waals surface area contributed by atoms with Gasteiger partial charge in [0.2, 0.25) is 0 Å². The normalized spacial score (nSPS) is 23.1. The lowest BCUT2D eigenvalue weighted by Gasteiger charge is -2.27. The Hall–Kier alpha value is -1.42. The molecule has 0 atom stereocenters. The van der Waals surface area contributed by atoms with Crippen molar-refractivity contribution in [1.82, 2.24) is 4.98 Å². The van der Waals surface area contributed by atoms with Gasteiger partial charge >= 0.3 is 5.97 Å². The van der Waals surface area contributed by atoms with E-state index in [-0.39, 0.29) is 18.0 Å². The first kappa shape index (κ1) is 14.0. The molecular weight excluding hydrogens is 242 g/mol. The standard InChI is InChI=1S/C15H21NO3/c1-11-7-12(9-16-8-11)10-19-14-5-3-13(4-6-14)15(17)18-2/h7-9,13-14H,3-6,10H2,1-2H3. The molecular formula is C15H21NO3. The molecule has 1 heterocycles. The maximum absolute atomic E-state index is 11.4. The van der Waals surface area contributed by atoms with Crippen LogP contribution in [0.3, 0.4) is 0 Å². The van der Waals surface area contributed by atoms with Crippen molar-refractivity contribution in [3.05, 3.63) is 29.6 Å². The number of nitrogens with zero attached hydrogens (tertiary/aromatic N) is 1. The Morgan fingerprint density at radius 2 is 2.05 bits per heavy atom. The first-order valence-corrected chi connectivity index (χ1v) is 6.79. The minimum absolute atomic E-state index is 0.0606. The number of carbonyl (C=O) groups is 1. The summed E-state index contributed by atoms with van der Waals surface area (Å²) in [5.74, 6) is -0.0215. The number of aromatic nitrogens is 1. The van der Waals surface area contributed by atoms with Crippen molar-refractivity contribution < 1.29 is 14.3 Å². The molecule has 19 heavy (non-hydrogen) atoms. The summed E-state index contributed by atoms with van der Waals surface area (Å²) in [6.07, 6.45) is 7.52. The van der Waals surface area contributed by atoms with E-state index in [9.17, 15) is 4.79 Å². The fourth-order valence-electron chi connectivity index (χ4n) is 2.54. The van der Waals surface area contributed by atoms with E-state index in [0.717, 1.165) is 36.8 Å². The molecule has 0 unspecified atom stereocenters. The fourth-order valence-corrected chi connectivity index (χ4v) is 2.54. The average Bonchev–Trinajstić information content (AvgIpc) is 2.45. The molecule has 4 nitrogen and oxygen atoms in total. The first-order valence-electron chi connectivity index (χ1n) is 6.79. The molecule has 0 amide bonds. The minimum atomic E-state index is -0.0821. The number of carbonyl (C=O) groups excluding carboxylic acids is 1. The van der Waals surface area contributed by atoms with Crippen LogP contribution in [-0.2, 0) is 20.9 Å². The molecule has 0 radical (unpaired) electrons. The third-order valence-corrected chi connectivity index (χ3v) is 3.63. The number of pyridine rings is 1. The number of methoxy groups -OCH3 is 1. The highest BCUT2D eigenvalue weighted by Gasteiger charge is 2.27. The average molecular weight is 263 g/mol. The quantitative estimate of drug-likeness (QED) is 0.784. The Balaban J connectivity index is 1.75. The van der Waals surface area contributed by atoms with Crippen molar-refractivity contribution in [2.24, 2.45) is 5.92 Å². The summed E-state index contributed by atoms with van der Waals surface area (Å²) >= 11 is 0. The Morgan fingerprint density at radius 1 is 1.32 bits per heavy atom. The largest absolute Gasteiger partial charge is 0.469 e. The van der Waals surface area contributed by atoms with Gasteiger partial charge in [-0.05, 0) is 43.7 Å². The number of hydrogen-bond donors (Lipinski definition) is 0. The molecule has 1 saturated carbocycles. The molecule has 4 heteroatoms. The predicted molar refractivity (Wildman–Crippen MR) is 71.5 cm³/mol. The highest BCUT2D eigenvalue weighted by atomic mass is 16.5. The van der Waals surface area contributed by atoms with E-state index in [4.69, 9.17) is 9.47 Å². The van der Waals surface area contributed by atoms with Crippen LogP contribution < -0.4 is 0 Å². The second-order valence-corrected chi connectivity index (χ2v) is 5.18. The number of ether oxygens (including phenoxy) is 2. The van der Waals surface area contributed by atoms with E-state index in [2.05, 4.69) is 11.1 Å². The molecule has 0 aliphatic heterocycles. The Labute approximate surface area is 114 Å². The SMILES string of the molecule is COC(=O)C1CCC(OCc2cncc(C)c2)CC1. The summed E-state index contributed by atoms with van der Waals surface area (Å²) in [4.78, 5) is 15.6. The van der Waals surface area contributed by atoms with Crippen LogP contribution in [0.25, 0.3) is 0 Å². The van der Waals surface area contributed by atoms with Crippen LogP contribution in [0.15, 0.2) is 18.5 Å². The van der Waals surface area contributed by atoms with Gasteiger partial charge in [-0.15, -0.1) is 0 Å². The summed E-state index contributed by atoms with van der Waals surface area (Å²) < 4.78 is 10.7. The molecule has 2 rings (SSSR count). The number of rotatable bonds is 4. The van der Waals surface area contributed by atoms with Gasteiger partial charge in [0.1, 0.15) is 0 Å². The molecule has 104 valence electrons. The minimum Gasteiger partial charge on any atom is -0.469 e. The van der Waals surface area contributed by atoms with E-state index < -0.39 is 0 Å². The second kappa shape index (κ2) is 6.66. The molecule has 0 spiro atoms. The topological polar surface area (TPSA) is 48.4 Å². The molecule has 1 aromatic heterocycles. The van der Waals surface area contributed by atoms with Crippen LogP contribution in [0, 0.1) is 12.8 Å². The van der Waals surface area contributed by atoms with Gasteiger partial charge in [0.15, 0.2) is 0 Å². The van der Waals surface area contributed by atoms with Crippen molar-refractivity contribution >= 4 is 5.97 Å². The molecule has 1 aromatic rings. The Kier molecular flexibility index (Phi) is 4.91. The van der Waals surface area contributed by atoms with Gasteiger partial charge in [-0.3, -0.25) is 9.78 Å². The first-order chi connectivity index (χ1) is 9.19. The molecule has 1 fully saturated rings. The van der Waals surface area contributed by atoms with E-state index >= 15 is 0 Å². The highest BCUT2D eigenvalue weighted by molar-refractivity contribution is 5.72. The van der Waals surface area contributed by atoms with Crippen LogP contribution in [0.4, 0.5) is 0 Å². The van der Waals surface area contributed by atoms with Crippen molar-refractivity contribution in [2.75, 3.05) is 7.11 Å². The molecule has 1 aliphatic carbocycles. The van der Waals surface area contributed by atoms with Crippen molar-refractivity contribution in [1.29, 1.82) is 0 Å². The Bertz CT molecular complexity index is 425. The van der Waals surface area contributed by atoms with Gasteiger partial charge in [0.25, 0.3) is 0 Å². The molecule has 0 N–H and O–H groups in total. The van der Waals surface area contributed by atoms with Crippen LogP contribution >= 0.6 is 0 Å². The van der Waals surface area contributed by atoms with E-state index in [1.54, 1.807) is 0 Å². The molecule has 1 aliphatic rings. The zero-order valence-corrected chi connectivity index (χ0v) is 11.6. The van der Waals surface area contributed by atoms with Crippen molar-refractivity contribution in [3.63, 3.8) is 0 Å². The number of aryl methyl sites for hydroxylation is 1. The van der Waals surface area contributed by atoms with Gasteiger partial charge in [-0.2, -0.15) is 0 Å². The number of esters is 1. The molecule has 0 saturated heterocycles. The lowest BCUT2D eigenvalue weighted by Crippen LogP contribution is -2.26. The lowest BCUT2D eigenvalue weighted by atomic mass is 9.87. The third kappa shape index (κ3) is 4.03. The van der Waals surface area contributed by atoms with Gasteiger partial charge in [0, 0.05) is 12.4 Å². The summed E-state index contributed by atoms with van der Waals surface area (Å²) in [6.45, 7) is 2.63.